The molecule has 1 heterocycles. The third kappa shape index (κ3) is 3.48. The molecule has 0 fully saturated rings. The number of H-pyrrole nitrogens is 1. The van der Waals surface area contributed by atoms with E-state index in [9.17, 15) is 4.79 Å². The molecule has 0 saturated heterocycles. The van der Waals surface area contributed by atoms with E-state index in [4.69, 9.17) is 9.47 Å². The number of anilines is 1. The number of nitrogens with one attached hydrogen (secondary N) is 2. The lowest BCUT2D eigenvalue weighted by Crippen LogP contribution is -2.17. The molecule has 1 amide bonds. The Morgan fingerprint density at radius 3 is 2.58 bits per heavy atom. The fourth-order valence-electron chi connectivity index (χ4n) is 2.75. The van der Waals surface area contributed by atoms with Gasteiger partial charge < -0.3 is 19.8 Å². The smallest absolute Gasteiger partial charge is 0.250 e. The summed E-state index contributed by atoms with van der Waals surface area (Å²) >= 11 is 0. The van der Waals surface area contributed by atoms with Gasteiger partial charge in [-0.1, -0.05) is 30.3 Å². The Balaban J connectivity index is 2.06. The third-order valence-electron chi connectivity index (χ3n) is 3.73. The van der Waals surface area contributed by atoms with Crippen molar-refractivity contribution >= 4 is 22.5 Å². The van der Waals surface area contributed by atoms with Crippen molar-refractivity contribution in [1.82, 2.24) is 4.98 Å². The molecule has 3 rings (SSSR count). The van der Waals surface area contributed by atoms with Crippen molar-refractivity contribution in [3.63, 3.8) is 0 Å². The van der Waals surface area contributed by atoms with Crippen LogP contribution in [0.1, 0.15) is 5.56 Å². The van der Waals surface area contributed by atoms with E-state index in [1.54, 1.807) is 7.11 Å². The van der Waals surface area contributed by atoms with Gasteiger partial charge in [0, 0.05) is 25.3 Å². The molecule has 3 aromatic rings. The zero-order valence-corrected chi connectivity index (χ0v) is 13.8. The molecule has 24 heavy (non-hydrogen) atoms. The van der Waals surface area contributed by atoms with E-state index in [1.807, 2.05) is 36.4 Å². The molecular weight excluding hydrogens is 304 g/mol. The molecule has 0 bridgehead atoms. The number of fused-ring (bicyclic) bond motifs is 1. The SMILES string of the molecule is COCC(=O)Nc1cc(COC)cc2cc(-c3ccccc3)[nH]c12. The Morgan fingerprint density at radius 1 is 1.08 bits per heavy atom. The molecule has 0 spiro atoms. The minimum atomic E-state index is -0.191. The van der Waals surface area contributed by atoms with Crippen LogP contribution in [0, 0.1) is 0 Å². The molecule has 0 aliphatic rings. The maximum absolute atomic E-state index is 11.9. The fourth-order valence-corrected chi connectivity index (χ4v) is 2.75. The summed E-state index contributed by atoms with van der Waals surface area (Å²) in [5.74, 6) is -0.191. The number of carbonyl (C=O) groups excluding carboxylic acids is 1. The van der Waals surface area contributed by atoms with Gasteiger partial charge in [-0.3, -0.25) is 4.79 Å². The zero-order chi connectivity index (χ0) is 16.9. The number of rotatable bonds is 6. The summed E-state index contributed by atoms with van der Waals surface area (Å²) in [5, 5.41) is 3.92. The molecule has 2 aromatic carbocycles. The number of hydrogen-bond acceptors (Lipinski definition) is 3. The van der Waals surface area contributed by atoms with Crippen LogP contribution in [-0.4, -0.2) is 31.7 Å². The van der Waals surface area contributed by atoms with Crippen LogP contribution in [0.5, 0.6) is 0 Å². The van der Waals surface area contributed by atoms with E-state index in [2.05, 4.69) is 22.4 Å². The van der Waals surface area contributed by atoms with Crippen molar-refractivity contribution in [3.05, 3.63) is 54.1 Å². The summed E-state index contributed by atoms with van der Waals surface area (Å²) in [6.07, 6.45) is 0. The van der Waals surface area contributed by atoms with E-state index >= 15 is 0 Å². The van der Waals surface area contributed by atoms with Gasteiger partial charge in [0.05, 0.1) is 17.8 Å². The van der Waals surface area contributed by atoms with Crippen molar-refractivity contribution < 1.29 is 14.3 Å². The minimum Gasteiger partial charge on any atom is -0.380 e. The third-order valence-corrected chi connectivity index (χ3v) is 3.73. The molecule has 0 saturated carbocycles. The molecule has 5 heteroatoms. The van der Waals surface area contributed by atoms with Crippen molar-refractivity contribution in [3.8, 4) is 11.3 Å². The van der Waals surface area contributed by atoms with Gasteiger partial charge in [-0.25, -0.2) is 0 Å². The molecule has 124 valence electrons. The monoisotopic (exact) mass is 324 g/mol. The number of amides is 1. The Morgan fingerprint density at radius 2 is 1.88 bits per heavy atom. The van der Waals surface area contributed by atoms with Crippen LogP contribution in [0.4, 0.5) is 5.69 Å². The van der Waals surface area contributed by atoms with Crippen molar-refractivity contribution in [1.29, 1.82) is 0 Å². The van der Waals surface area contributed by atoms with E-state index in [-0.39, 0.29) is 12.5 Å². The highest BCUT2D eigenvalue weighted by Crippen LogP contribution is 2.30. The molecule has 0 aliphatic carbocycles. The van der Waals surface area contributed by atoms with Gasteiger partial charge in [0.25, 0.3) is 0 Å². The lowest BCUT2D eigenvalue weighted by molar-refractivity contribution is -0.119. The number of benzene rings is 2. The quantitative estimate of drug-likeness (QED) is 0.728. The highest BCUT2D eigenvalue weighted by atomic mass is 16.5. The van der Waals surface area contributed by atoms with Crippen molar-refractivity contribution in [2.75, 3.05) is 26.1 Å². The van der Waals surface area contributed by atoms with Crippen LogP contribution in [0.25, 0.3) is 22.2 Å². The summed E-state index contributed by atoms with van der Waals surface area (Å²) in [6.45, 7) is 0.497. The second kappa shape index (κ2) is 7.29. The Kier molecular flexibility index (Phi) is 4.93. The average molecular weight is 324 g/mol. The number of aromatic amines is 1. The highest BCUT2D eigenvalue weighted by molar-refractivity contribution is 6.02. The summed E-state index contributed by atoms with van der Waals surface area (Å²) in [4.78, 5) is 15.3. The van der Waals surface area contributed by atoms with Crippen LogP contribution < -0.4 is 5.32 Å². The van der Waals surface area contributed by atoms with Crippen molar-refractivity contribution in [2.24, 2.45) is 0 Å². The average Bonchev–Trinajstić information content (AvgIpc) is 3.01. The zero-order valence-electron chi connectivity index (χ0n) is 13.8. The van der Waals surface area contributed by atoms with E-state index in [0.717, 1.165) is 33.4 Å². The predicted octanol–water partition coefficient (Wildman–Crippen LogP) is 3.57. The molecule has 5 nitrogen and oxygen atoms in total. The van der Waals surface area contributed by atoms with E-state index in [0.29, 0.717) is 6.61 Å². The van der Waals surface area contributed by atoms with Crippen molar-refractivity contribution in [2.45, 2.75) is 6.61 Å². The molecule has 0 radical (unpaired) electrons. The number of carbonyl (C=O) groups is 1. The molecular formula is C19H20N2O3. The first-order valence-corrected chi connectivity index (χ1v) is 7.70. The molecule has 1 aromatic heterocycles. The number of ether oxygens (including phenoxy) is 2. The van der Waals surface area contributed by atoms with Gasteiger partial charge in [0.15, 0.2) is 0 Å². The van der Waals surface area contributed by atoms with Crippen LogP contribution in [0.3, 0.4) is 0 Å². The molecule has 0 aliphatic heterocycles. The van der Waals surface area contributed by atoms with Gasteiger partial charge in [0.1, 0.15) is 6.61 Å². The predicted molar refractivity (Wildman–Crippen MR) is 95.0 cm³/mol. The first-order valence-electron chi connectivity index (χ1n) is 7.70. The first kappa shape index (κ1) is 16.2. The molecule has 0 unspecified atom stereocenters. The fraction of sp³-hybridized carbons (Fsp3) is 0.211. The normalized spacial score (nSPS) is 10.9. The number of methoxy groups -OCH3 is 2. The summed E-state index contributed by atoms with van der Waals surface area (Å²) in [7, 11) is 3.15. The summed E-state index contributed by atoms with van der Waals surface area (Å²) in [6, 6.07) is 16.1. The van der Waals surface area contributed by atoms with Gasteiger partial charge in [0.2, 0.25) is 5.91 Å². The summed E-state index contributed by atoms with van der Waals surface area (Å²) in [5.41, 5.74) is 4.71. The Labute approximate surface area is 140 Å². The maximum Gasteiger partial charge on any atom is 0.250 e. The van der Waals surface area contributed by atoms with Crippen LogP contribution >= 0.6 is 0 Å². The van der Waals surface area contributed by atoms with Gasteiger partial charge >= 0.3 is 0 Å². The maximum atomic E-state index is 11.9. The van der Waals surface area contributed by atoms with Gasteiger partial charge in [-0.05, 0) is 29.3 Å². The van der Waals surface area contributed by atoms with Crippen LogP contribution in [-0.2, 0) is 20.9 Å². The topological polar surface area (TPSA) is 63.4 Å². The van der Waals surface area contributed by atoms with Crippen LogP contribution in [0.2, 0.25) is 0 Å². The number of hydrogen-bond donors (Lipinski definition) is 2. The standard InChI is InChI=1S/C19H20N2O3/c1-23-11-13-8-15-10-16(14-6-4-3-5-7-14)21-19(15)17(9-13)20-18(22)12-24-2/h3-10,21H,11-12H2,1-2H3,(H,20,22). The van der Waals surface area contributed by atoms with Gasteiger partial charge in [-0.15, -0.1) is 0 Å². The largest absolute Gasteiger partial charge is 0.380 e. The lowest BCUT2D eigenvalue weighted by Gasteiger charge is -2.09. The van der Waals surface area contributed by atoms with Gasteiger partial charge in [-0.2, -0.15) is 0 Å². The Hall–Kier alpha value is -2.63. The Bertz CT molecular complexity index is 840. The first-order chi connectivity index (χ1) is 11.7. The second-order valence-corrected chi connectivity index (χ2v) is 5.57. The second-order valence-electron chi connectivity index (χ2n) is 5.57. The van der Waals surface area contributed by atoms with Crippen LogP contribution in [0.15, 0.2) is 48.5 Å². The minimum absolute atomic E-state index is 0.0161. The lowest BCUT2D eigenvalue weighted by atomic mass is 10.1. The van der Waals surface area contributed by atoms with E-state index < -0.39 is 0 Å². The summed E-state index contributed by atoms with van der Waals surface area (Å²) < 4.78 is 10.1. The number of aromatic nitrogens is 1. The molecule has 2 N–H and O–H groups in total. The highest BCUT2D eigenvalue weighted by Gasteiger charge is 2.11. The van der Waals surface area contributed by atoms with E-state index in [1.165, 1.54) is 7.11 Å². The molecule has 0 atom stereocenters.